The fourth-order valence-corrected chi connectivity index (χ4v) is 2.11. The molecular formula is C17H17F3N4O3. The zero-order valence-electron chi connectivity index (χ0n) is 14.5. The first-order chi connectivity index (χ1) is 12.7. The Bertz CT molecular complexity index is 810. The third kappa shape index (κ3) is 6.24. The van der Waals surface area contributed by atoms with Crippen molar-refractivity contribution < 1.29 is 27.5 Å². The Hall–Kier alpha value is -3.17. The topological polar surface area (TPSA) is 93.2 Å². The molecule has 0 bridgehead atoms. The van der Waals surface area contributed by atoms with Gasteiger partial charge in [0.05, 0.1) is 11.7 Å². The molecule has 7 nitrogen and oxygen atoms in total. The third-order valence-electron chi connectivity index (χ3n) is 3.32. The Morgan fingerprint density at radius 3 is 2.56 bits per heavy atom. The van der Waals surface area contributed by atoms with Crippen LogP contribution in [0.1, 0.15) is 35.9 Å². The van der Waals surface area contributed by atoms with E-state index in [2.05, 4.69) is 25.3 Å². The van der Waals surface area contributed by atoms with E-state index in [1.54, 1.807) is 19.1 Å². The molecule has 0 aliphatic carbocycles. The van der Waals surface area contributed by atoms with E-state index in [1.807, 2.05) is 0 Å². The maximum Gasteiger partial charge on any atom is 0.422 e. The summed E-state index contributed by atoms with van der Waals surface area (Å²) in [4.78, 5) is 31.4. The number of anilines is 1. The SMILES string of the molecule is CC(=O)Nc1cccnc1C(=O)NC(C)c1ccc(OCC(F)(F)F)nc1. The predicted molar refractivity (Wildman–Crippen MR) is 90.2 cm³/mol. The molecule has 2 aromatic rings. The molecule has 27 heavy (non-hydrogen) atoms. The molecule has 1 unspecified atom stereocenters. The van der Waals surface area contributed by atoms with Crippen molar-refractivity contribution in [1.82, 2.24) is 15.3 Å². The van der Waals surface area contributed by atoms with Crippen LogP contribution >= 0.6 is 0 Å². The summed E-state index contributed by atoms with van der Waals surface area (Å²) in [6.07, 6.45) is -1.72. The van der Waals surface area contributed by atoms with Crippen LogP contribution in [0.4, 0.5) is 18.9 Å². The van der Waals surface area contributed by atoms with Gasteiger partial charge in [-0.15, -0.1) is 0 Å². The van der Waals surface area contributed by atoms with Gasteiger partial charge in [0.15, 0.2) is 12.3 Å². The van der Waals surface area contributed by atoms with Crippen molar-refractivity contribution in [1.29, 1.82) is 0 Å². The Kier molecular flexibility index (Phi) is 6.32. The number of ether oxygens (including phenoxy) is 1. The van der Waals surface area contributed by atoms with E-state index < -0.39 is 24.7 Å². The molecule has 2 N–H and O–H groups in total. The highest BCUT2D eigenvalue weighted by atomic mass is 19.4. The van der Waals surface area contributed by atoms with Gasteiger partial charge in [0, 0.05) is 25.4 Å². The number of alkyl halides is 3. The minimum absolute atomic E-state index is 0.0395. The maximum atomic E-state index is 12.4. The molecule has 2 aromatic heterocycles. The lowest BCUT2D eigenvalue weighted by atomic mass is 10.1. The van der Waals surface area contributed by atoms with Crippen molar-refractivity contribution in [2.75, 3.05) is 11.9 Å². The van der Waals surface area contributed by atoms with Crippen molar-refractivity contribution in [3.63, 3.8) is 0 Å². The Labute approximate surface area is 153 Å². The molecule has 0 aliphatic rings. The zero-order chi connectivity index (χ0) is 20.0. The van der Waals surface area contributed by atoms with Crippen LogP contribution in [0.2, 0.25) is 0 Å². The predicted octanol–water partition coefficient (Wildman–Crippen LogP) is 2.87. The monoisotopic (exact) mass is 382 g/mol. The van der Waals surface area contributed by atoms with E-state index in [4.69, 9.17) is 0 Å². The number of hydrogen-bond acceptors (Lipinski definition) is 5. The standard InChI is InChI=1S/C17H17F3N4O3/c1-10(12-5-6-14(22-8-12)27-9-17(18,19)20)23-16(26)15-13(24-11(2)25)4-3-7-21-15/h3-8,10H,9H2,1-2H3,(H,23,26)(H,24,25). The fraction of sp³-hybridized carbons (Fsp3) is 0.294. The summed E-state index contributed by atoms with van der Waals surface area (Å²) in [6.45, 7) is 1.55. The number of amides is 2. The molecule has 2 rings (SSSR count). The average Bonchev–Trinajstić information content (AvgIpc) is 2.59. The first-order valence-corrected chi connectivity index (χ1v) is 7.84. The van der Waals surface area contributed by atoms with Gasteiger partial charge >= 0.3 is 6.18 Å². The molecule has 0 aliphatic heterocycles. The van der Waals surface area contributed by atoms with E-state index in [1.165, 1.54) is 31.5 Å². The fourth-order valence-electron chi connectivity index (χ4n) is 2.11. The molecule has 0 fully saturated rings. The summed E-state index contributed by atoms with van der Waals surface area (Å²) in [5.41, 5.74) is 0.862. The minimum Gasteiger partial charge on any atom is -0.468 e. The summed E-state index contributed by atoms with van der Waals surface area (Å²) < 4.78 is 40.9. The maximum absolute atomic E-state index is 12.4. The average molecular weight is 382 g/mol. The Morgan fingerprint density at radius 1 is 1.22 bits per heavy atom. The molecule has 0 spiro atoms. The largest absolute Gasteiger partial charge is 0.468 e. The van der Waals surface area contributed by atoms with Gasteiger partial charge in [-0.2, -0.15) is 13.2 Å². The van der Waals surface area contributed by atoms with Crippen LogP contribution in [0.25, 0.3) is 0 Å². The molecule has 0 aromatic carbocycles. The van der Waals surface area contributed by atoms with Crippen LogP contribution < -0.4 is 15.4 Å². The van der Waals surface area contributed by atoms with Gasteiger partial charge < -0.3 is 15.4 Å². The lowest BCUT2D eigenvalue weighted by Gasteiger charge is -2.16. The summed E-state index contributed by atoms with van der Waals surface area (Å²) in [5.74, 6) is -1.04. The zero-order valence-corrected chi connectivity index (χ0v) is 14.5. The van der Waals surface area contributed by atoms with Gasteiger partial charge in [0.25, 0.3) is 5.91 Å². The summed E-state index contributed by atoms with van der Waals surface area (Å²) in [5, 5.41) is 5.21. The van der Waals surface area contributed by atoms with E-state index in [0.29, 0.717) is 5.56 Å². The highest BCUT2D eigenvalue weighted by Crippen LogP contribution is 2.19. The van der Waals surface area contributed by atoms with Gasteiger partial charge in [-0.05, 0) is 24.6 Å². The van der Waals surface area contributed by atoms with Crippen molar-refractivity contribution in [3.8, 4) is 5.88 Å². The van der Waals surface area contributed by atoms with Crippen LogP contribution in [0, 0.1) is 0 Å². The third-order valence-corrected chi connectivity index (χ3v) is 3.32. The van der Waals surface area contributed by atoms with Crippen molar-refractivity contribution in [3.05, 3.63) is 47.9 Å². The van der Waals surface area contributed by atoms with Crippen LogP contribution in [0.5, 0.6) is 5.88 Å². The van der Waals surface area contributed by atoms with E-state index in [-0.39, 0.29) is 23.2 Å². The van der Waals surface area contributed by atoms with Crippen LogP contribution in [0.3, 0.4) is 0 Å². The quantitative estimate of drug-likeness (QED) is 0.801. The second-order valence-electron chi connectivity index (χ2n) is 5.61. The number of carbonyl (C=O) groups excluding carboxylic acids is 2. The Balaban J connectivity index is 2.03. The smallest absolute Gasteiger partial charge is 0.422 e. The van der Waals surface area contributed by atoms with Crippen LogP contribution in [-0.2, 0) is 4.79 Å². The van der Waals surface area contributed by atoms with Crippen molar-refractivity contribution >= 4 is 17.5 Å². The minimum atomic E-state index is -4.45. The molecule has 2 amide bonds. The number of halogens is 3. The number of hydrogen-bond donors (Lipinski definition) is 2. The van der Waals surface area contributed by atoms with E-state index in [0.717, 1.165) is 0 Å². The van der Waals surface area contributed by atoms with Gasteiger partial charge in [-0.1, -0.05) is 6.07 Å². The van der Waals surface area contributed by atoms with Crippen molar-refractivity contribution in [2.45, 2.75) is 26.1 Å². The molecule has 0 radical (unpaired) electrons. The number of nitrogens with one attached hydrogen (secondary N) is 2. The molecule has 0 saturated carbocycles. The first kappa shape index (κ1) is 20.1. The number of pyridine rings is 2. The molecule has 10 heteroatoms. The summed E-state index contributed by atoms with van der Waals surface area (Å²) >= 11 is 0. The van der Waals surface area contributed by atoms with Gasteiger partial charge in [0.2, 0.25) is 11.8 Å². The first-order valence-electron chi connectivity index (χ1n) is 7.84. The lowest BCUT2D eigenvalue weighted by molar-refractivity contribution is -0.154. The molecule has 2 heterocycles. The van der Waals surface area contributed by atoms with E-state index in [9.17, 15) is 22.8 Å². The molecule has 1 atom stereocenters. The lowest BCUT2D eigenvalue weighted by Crippen LogP contribution is -2.28. The Morgan fingerprint density at radius 2 is 1.96 bits per heavy atom. The van der Waals surface area contributed by atoms with Crippen LogP contribution in [-0.4, -0.2) is 34.6 Å². The second-order valence-corrected chi connectivity index (χ2v) is 5.61. The summed E-state index contributed by atoms with van der Waals surface area (Å²) in [6, 6.07) is 5.40. The molecular weight excluding hydrogens is 365 g/mol. The number of carbonyl (C=O) groups is 2. The normalized spacial score (nSPS) is 12.2. The number of nitrogens with zero attached hydrogens (tertiary/aromatic N) is 2. The molecule has 144 valence electrons. The second kappa shape index (κ2) is 8.47. The number of rotatable bonds is 6. The van der Waals surface area contributed by atoms with Crippen molar-refractivity contribution in [2.24, 2.45) is 0 Å². The highest BCUT2D eigenvalue weighted by molar-refractivity contribution is 6.01. The number of aromatic nitrogens is 2. The van der Waals surface area contributed by atoms with Gasteiger partial charge in [-0.25, -0.2) is 9.97 Å². The van der Waals surface area contributed by atoms with Gasteiger partial charge in [-0.3, -0.25) is 9.59 Å². The summed E-state index contributed by atoms with van der Waals surface area (Å²) in [7, 11) is 0. The van der Waals surface area contributed by atoms with Gasteiger partial charge in [0.1, 0.15) is 0 Å². The highest BCUT2D eigenvalue weighted by Gasteiger charge is 2.28. The van der Waals surface area contributed by atoms with Crippen LogP contribution in [0.15, 0.2) is 36.7 Å². The molecule has 0 saturated heterocycles. The van der Waals surface area contributed by atoms with E-state index >= 15 is 0 Å².